The van der Waals surface area contributed by atoms with Crippen LogP contribution in [0.25, 0.3) is 0 Å². The number of hydrogen-bond acceptors (Lipinski definition) is 7. The van der Waals surface area contributed by atoms with Crippen LogP contribution in [0.15, 0.2) is 60.9 Å². The molecule has 0 fully saturated rings. The number of benzene rings is 1. The lowest BCUT2D eigenvalue weighted by Gasteiger charge is -2.09. The first-order valence-corrected chi connectivity index (χ1v) is 9.29. The molecular formula is C22H24N4O3. The van der Waals surface area contributed by atoms with Crippen molar-refractivity contribution in [3.05, 3.63) is 77.7 Å². The summed E-state index contributed by atoms with van der Waals surface area (Å²) in [6.07, 6.45) is 3.49. The van der Waals surface area contributed by atoms with E-state index in [1.165, 1.54) is 0 Å². The molecule has 0 aliphatic carbocycles. The number of anilines is 2. The van der Waals surface area contributed by atoms with E-state index in [4.69, 9.17) is 15.2 Å². The summed E-state index contributed by atoms with van der Waals surface area (Å²) in [7, 11) is 1.61. The Morgan fingerprint density at radius 3 is 2.69 bits per heavy atom. The highest BCUT2D eigenvalue weighted by Crippen LogP contribution is 2.16. The monoisotopic (exact) mass is 392 g/mol. The highest BCUT2D eigenvalue weighted by Gasteiger charge is 2.10. The Bertz CT molecular complexity index is 945. The van der Waals surface area contributed by atoms with Gasteiger partial charge in [0.1, 0.15) is 23.9 Å². The highest BCUT2D eigenvalue weighted by molar-refractivity contribution is 5.95. The summed E-state index contributed by atoms with van der Waals surface area (Å²) in [5.41, 5.74) is 9.02. The van der Waals surface area contributed by atoms with Gasteiger partial charge in [-0.1, -0.05) is 24.3 Å². The second-order valence-corrected chi connectivity index (χ2v) is 6.43. The molecule has 0 spiro atoms. The number of methoxy groups -OCH3 is 1. The van der Waals surface area contributed by atoms with E-state index in [-0.39, 0.29) is 12.2 Å². The fourth-order valence-electron chi connectivity index (χ4n) is 2.76. The minimum atomic E-state index is -0.0462. The molecule has 0 bridgehead atoms. The zero-order valence-corrected chi connectivity index (χ0v) is 16.3. The smallest absolute Gasteiger partial charge is 0.185 e. The van der Waals surface area contributed by atoms with Crippen LogP contribution in [0.1, 0.15) is 21.6 Å². The number of hydrogen-bond donors (Lipinski definition) is 2. The van der Waals surface area contributed by atoms with E-state index in [0.717, 1.165) is 16.8 Å². The second-order valence-electron chi connectivity index (χ2n) is 6.43. The maximum Gasteiger partial charge on any atom is 0.185 e. The van der Waals surface area contributed by atoms with Crippen LogP contribution in [0.2, 0.25) is 0 Å². The number of aromatic nitrogens is 2. The number of ether oxygens (including phenoxy) is 2. The molecular weight excluding hydrogens is 368 g/mol. The lowest BCUT2D eigenvalue weighted by atomic mass is 10.0. The predicted molar refractivity (Wildman–Crippen MR) is 112 cm³/mol. The van der Waals surface area contributed by atoms with E-state index >= 15 is 0 Å². The van der Waals surface area contributed by atoms with E-state index in [1.54, 1.807) is 31.6 Å². The molecule has 150 valence electrons. The molecule has 3 aromatic rings. The third-order valence-corrected chi connectivity index (χ3v) is 4.26. The molecule has 0 radical (unpaired) electrons. The van der Waals surface area contributed by atoms with Crippen LogP contribution in [-0.4, -0.2) is 36.1 Å². The van der Waals surface area contributed by atoms with Crippen molar-refractivity contribution in [2.24, 2.45) is 0 Å². The number of nitrogens with two attached hydrogens (primary N) is 1. The summed E-state index contributed by atoms with van der Waals surface area (Å²) < 4.78 is 10.4. The van der Waals surface area contributed by atoms with Crippen LogP contribution in [0.5, 0.6) is 5.75 Å². The first-order valence-electron chi connectivity index (χ1n) is 9.29. The third kappa shape index (κ3) is 6.02. The van der Waals surface area contributed by atoms with Gasteiger partial charge in [0, 0.05) is 26.3 Å². The molecule has 2 aromatic heterocycles. The normalized spacial score (nSPS) is 10.5. The molecule has 0 saturated heterocycles. The molecule has 0 saturated carbocycles. The van der Waals surface area contributed by atoms with Crippen molar-refractivity contribution < 1.29 is 14.3 Å². The maximum atomic E-state index is 12.6. The first kappa shape index (κ1) is 20.3. The van der Waals surface area contributed by atoms with Gasteiger partial charge in [-0.25, -0.2) is 9.97 Å². The van der Waals surface area contributed by atoms with Crippen LogP contribution in [0.3, 0.4) is 0 Å². The topological polar surface area (TPSA) is 99.4 Å². The van der Waals surface area contributed by atoms with Gasteiger partial charge < -0.3 is 20.5 Å². The molecule has 3 rings (SSSR count). The maximum absolute atomic E-state index is 12.6. The Morgan fingerprint density at radius 1 is 1.07 bits per heavy atom. The number of rotatable bonds is 10. The Morgan fingerprint density at radius 2 is 1.93 bits per heavy atom. The van der Waals surface area contributed by atoms with Crippen molar-refractivity contribution in [3.8, 4) is 5.75 Å². The number of nitrogen functional groups attached to an aromatic ring is 1. The number of Topliss-reactive ketones (excluding diaryl/α,β-unsaturated/α-hetero) is 1. The fraction of sp³-hybridized carbons (Fsp3) is 0.227. The predicted octanol–water partition coefficient (Wildman–Crippen LogP) is 3.12. The van der Waals surface area contributed by atoms with Crippen LogP contribution in [0, 0.1) is 0 Å². The molecule has 29 heavy (non-hydrogen) atoms. The van der Waals surface area contributed by atoms with Crippen molar-refractivity contribution >= 4 is 17.3 Å². The SMILES string of the molecule is COCCOc1ccc(C(=O)Cc2cccc(CNc3cccnc3N)c2)nc1. The quantitative estimate of drug-likeness (QED) is 0.404. The number of nitrogens with zero attached hydrogens (tertiary/aromatic N) is 2. The Kier molecular flexibility index (Phi) is 7.13. The van der Waals surface area contributed by atoms with Gasteiger partial charge in [-0.05, 0) is 35.4 Å². The largest absolute Gasteiger partial charge is 0.490 e. The van der Waals surface area contributed by atoms with Gasteiger partial charge in [0.2, 0.25) is 0 Å². The lowest BCUT2D eigenvalue weighted by molar-refractivity contribution is 0.0988. The highest BCUT2D eigenvalue weighted by atomic mass is 16.5. The molecule has 7 nitrogen and oxygen atoms in total. The molecule has 1 aromatic carbocycles. The van der Waals surface area contributed by atoms with Crippen molar-refractivity contribution in [3.63, 3.8) is 0 Å². The number of pyridine rings is 2. The van der Waals surface area contributed by atoms with E-state index < -0.39 is 0 Å². The van der Waals surface area contributed by atoms with Crippen molar-refractivity contribution in [2.75, 3.05) is 31.4 Å². The first-order chi connectivity index (χ1) is 14.2. The molecule has 0 aliphatic heterocycles. The van der Waals surface area contributed by atoms with Crippen molar-refractivity contribution in [1.29, 1.82) is 0 Å². The average Bonchev–Trinajstić information content (AvgIpc) is 2.74. The summed E-state index contributed by atoms with van der Waals surface area (Å²) in [4.78, 5) is 20.8. The minimum Gasteiger partial charge on any atom is -0.490 e. The van der Waals surface area contributed by atoms with E-state index in [0.29, 0.717) is 37.0 Å². The van der Waals surface area contributed by atoms with Crippen LogP contribution in [0.4, 0.5) is 11.5 Å². The Labute approximate surface area is 169 Å². The summed E-state index contributed by atoms with van der Waals surface area (Å²) in [5, 5.41) is 3.26. The third-order valence-electron chi connectivity index (χ3n) is 4.26. The van der Waals surface area contributed by atoms with Gasteiger partial charge in [0.05, 0.1) is 18.5 Å². The van der Waals surface area contributed by atoms with Crippen LogP contribution >= 0.6 is 0 Å². The van der Waals surface area contributed by atoms with E-state index in [9.17, 15) is 4.79 Å². The van der Waals surface area contributed by atoms with E-state index in [2.05, 4.69) is 15.3 Å². The summed E-state index contributed by atoms with van der Waals surface area (Å²) in [6.45, 7) is 1.53. The molecule has 7 heteroatoms. The molecule has 2 heterocycles. The van der Waals surface area contributed by atoms with E-state index in [1.807, 2.05) is 36.4 Å². The average molecular weight is 392 g/mol. The van der Waals surface area contributed by atoms with Crippen molar-refractivity contribution in [1.82, 2.24) is 9.97 Å². The lowest BCUT2D eigenvalue weighted by Crippen LogP contribution is -2.08. The summed E-state index contributed by atoms with van der Waals surface area (Å²) in [6, 6.07) is 15.0. The molecule has 0 atom stereocenters. The molecule has 0 amide bonds. The van der Waals surface area contributed by atoms with Gasteiger partial charge in [-0.3, -0.25) is 4.79 Å². The van der Waals surface area contributed by atoms with Crippen molar-refractivity contribution in [2.45, 2.75) is 13.0 Å². The zero-order chi connectivity index (χ0) is 20.5. The zero-order valence-electron chi connectivity index (χ0n) is 16.3. The molecule has 0 aliphatic rings. The van der Waals surface area contributed by atoms with Gasteiger partial charge in [-0.15, -0.1) is 0 Å². The number of carbonyl (C=O) groups is 1. The second kappa shape index (κ2) is 10.2. The molecule has 3 N–H and O–H groups in total. The minimum absolute atomic E-state index is 0.0462. The summed E-state index contributed by atoms with van der Waals surface area (Å²) in [5.74, 6) is 1.02. The van der Waals surface area contributed by atoms with Crippen LogP contribution in [-0.2, 0) is 17.7 Å². The van der Waals surface area contributed by atoms with Gasteiger partial charge in [0.25, 0.3) is 0 Å². The van der Waals surface area contributed by atoms with Gasteiger partial charge in [0.15, 0.2) is 5.78 Å². The van der Waals surface area contributed by atoms with Gasteiger partial charge >= 0.3 is 0 Å². The van der Waals surface area contributed by atoms with Crippen LogP contribution < -0.4 is 15.8 Å². The Balaban J connectivity index is 1.58. The standard InChI is InChI=1S/C22H24N4O3/c1-28-10-11-29-18-7-8-19(26-15-18)21(27)13-16-4-2-5-17(12-16)14-25-20-6-3-9-24-22(20)23/h2-9,12,15,25H,10-11,13-14H2,1H3,(H2,23,24). The summed E-state index contributed by atoms with van der Waals surface area (Å²) >= 11 is 0. The number of ketones is 1. The Hall–Kier alpha value is -3.45. The molecule has 0 unspecified atom stereocenters. The number of carbonyl (C=O) groups excluding carboxylic acids is 1. The number of nitrogens with one attached hydrogen (secondary N) is 1. The fourth-order valence-corrected chi connectivity index (χ4v) is 2.76. The van der Waals surface area contributed by atoms with Gasteiger partial charge in [-0.2, -0.15) is 0 Å².